The standard InChI is InChI=1S/C75H126O6/c1-4-7-10-13-16-19-22-25-27-29-31-33-35-36-37-38-40-41-43-45-47-50-53-56-59-62-65-68-74(77)80-71-72(70-79-73(76)67-64-61-58-55-52-49-24-21-18-15-12-9-6-3)81-75(78)69-66-63-60-57-54-51-48-46-44-42-39-34-32-30-28-26-23-20-17-14-11-8-5-2/h7,10,12,15-16,19,21,23-27,30-33,36-37,39,42,72H,4-6,8-9,11,13-14,17-18,20,22,28-29,34-35,38,40-41,43-71H2,1-3H3/b10-7-,15-12-,19-16-,24-21-,26-23-,27-25-,32-30-,33-31-,37-36-,42-39-. The van der Waals surface area contributed by atoms with Crippen LogP contribution in [0.15, 0.2) is 122 Å². The molecule has 462 valence electrons. The van der Waals surface area contributed by atoms with Gasteiger partial charge < -0.3 is 14.2 Å². The number of allylic oxidation sites excluding steroid dienone is 20. The summed E-state index contributed by atoms with van der Waals surface area (Å²) in [7, 11) is 0. The molecule has 0 saturated heterocycles. The molecule has 0 heterocycles. The molecule has 0 bridgehead atoms. The van der Waals surface area contributed by atoms with E-state index in [1.807, 2.05) is 0 Å². The predicted molar refractivity (Wildman–Crippen MR) is 353 cm³/mol. The Bertz CT molecular complexity index is 1670. The Balaban J connectivity index is 4.33. The lowest BCUT2D eigenvalue weighted by Crippen LogP contribution is -2.30. The summed E-state index contributed by atoms with van der Waals surface area (Å²) in [6.45, 7) is 6.45. The number of rotatable bonds is 61. The van der Waals surface area contributed by atoms with Crippen molar-refractivity contribution in [1.82, 2.24) is 0 Å². The maximum atomic E-state index is 12.9. The molecule has 0 amide bonds. The van der Waals surface area contributed by atoms with Crippen molar-refractivity contribution in [2.75, 3.05) is 13.2 Å². The highest BCUT2D eigenvalue weighted by molar-refractivity contribution is 5.71. The molecule has 0 aromatic heterocycles. The van der Waals surface area contributed by atoms with E-state index in [2.05, 4.69) is 142 Å². The molecule has 0 fully saturated rings. The maximum Gasteiger partial charge on any atom is 0.306 e. The first kappa shape index (κ1) is 76.8. The zero-order valence-electron chi connectivity index (χ0n) is 53.0. The summed E-state index contributed by atoms with van der Waals surface area (Å²) < 4.78 is 16.9. The van der Waals surface area contributed by atoms with Gasteiger partial charge in [0.05, 0.1) is 0 Å². The average Bonchev–Trinajstić information content (AvgIpc) is 3.46. The van der Waals surface area contributed by atoms with E-state index in [0.29, 0.717) is 19.3 Å². The number of carbonyl (C=O) groups is 3. The molecule has 0 aromatic rings. The van der Waals surface area contributed by atoms with Crippen LogP contribution in [0.25, 0.3) is 0 Å². The Morgan fingerprint density at radius 2 is 0.506 bits per heavy atom. The van der Waals surface area contributed by atoms with Gasteiger partial charge in [0.2, 0.25) is 0 Å². The topological polar surface area (TPSA) is 78.9 Å². The summed E-state index contributed by atoms with van der Waals surface area (Å²) in [5, 5.41) is 0. The van der Waals surface area contributed by atoms with E-state index < -0.39 is 6.10 Å². The normalized spacial score (nSPS) is 12.9. The lowest BCUT2D eigenvalue weighted by Gasteiger charge is -2.18. The van der Waals surface area contributed by atoms with Crippen molar-refractivity contribution in [3.63, 3.8) is 0 Å². The number of hydrogen-bond acceptors (Lipinski definition) is 6. The number of hydrogen-bond donors (Lipinski definition) is 0. The highest BCUT2D eigenvalue weighted by Gasteiger charge is 2.19. The van der Waals surface area contributed by atoms with Crippen molar-refractivity contribution in [3.8, 4) is 0 Å². The fraction of sp³-hybridized carbons (Fsp3) is 0.693. The van der Waals surface area contributed by atoms with E-state index in [1.165, 1.54) is 135 Å². The minimum Gasteiger partial charge on any atom is -0.462 e. The first-order valence-corrected chi connectivity index (χ1v) is 34.0. The predicted octanol–water partition coefficient (Wildman–Crippen LogP) is 23.6. The first-order valence-electron chi connectivity index (χ1n) is 34.0. The SMILES string of the molecule is CC/C=C\C/C=C\C/C=C\C/C=C\C/C=C\CCCCCCCCCCCCCC(=O)OCC(COC(=O)CCCCCCC/C=C\C/C=C\CCC)OC(=O)CCCCCCCCCC/C=C\C/C=C\C/C=C\CCCCCCC. The molecule has 6 heteroatoms. The van der Waals surface area contributed by atoms with E-state index in [0.717, 1.165) is 141 Å². The van der Waals surface area contributed by atoms with E-state index in [1.54, 1.807) is 0 Å². The second-order valence-electron chi connectivity index (χ2n) is 22.3. The molecule has 0 rings (SSSR count). The van der Waals surface area contributed by atoms with E-state index >= 15 is 0 Å². The third-order valence-electron chi connectivity index (χ3n) is 14.4. The largest absolute Gasteiger partial charge is 0.462 e. The van der Waals surface area contributed by atoms with Crippen LogP contribution < -0.4 is 0 Å². The van der Waals surface area contributed by atoms with Gasteiger partial charge in [0, 0.05) is 19.3 Å². The molecular formula is C75H126O6. The zero-order chi connectivity index (χ0) is 58.5. The Hall–Kier alpha value is -4.19. The van der Waals surface area contributed by atoms with Gasteiger partial charge in [-0.1, -0.05) is 290 Å². The fourth-order valence-electron chi connectivity index (χ4n) is 9.34. The highest BCUT2D eigenvalue weighted by atomic mass is 16.6. The molecule has 0 spiro atoms. The van der Waals surface area contributed by atoms with Gasteiger partial charge >= 0.3 is 17.9 Å². The van der Waals surface area contributed by atoms with Crippen LogP contribution in [0.5, 0.6) is 0 Å². The molecule has 1 unspecified atom stereocenters. The van der Waals surface area contributed by atoms with Crippen molar-refractivity contribution in [2.45, 2.75) is 322 Å². The Morgan fingerprint density at radius 3 is 0.802 bits per heavy atom. The van der Waals surface area contributed by atoms with Gasteiger partial charge in [-0.3, -0.25) is 14.4 Å². The molecule has 0 aliphatic rings. The summed E-state index contributed by atoms with van der Waals surface area (Å²) in [5.41, 5.74) is 0. The summed E-state index contributed by atoms with van der Waals surface area (Å²) in [5.74, 6) is -0.906. The van der Waals surface area contributed by atoms with Crippen molar-refractivity contribution in [1.29, 1.82) is 0 Å². The van der Waals surface area contributed by atoms with Crippen molar-refractivity contribution >= 4 is 17.9 Å². The Labute approximate surface area is 501 Å². The molecular weight excluding hydrogens is 997 g/mol. The van der Waals surface area contributed by atoms with Crippen molar-refractivity contribution in [3.05, 3.63) is 122 Å². The molecule has 0 aliphatic carbocycles. The Morgan fingerprint density at radius 1 is 0.259 bits per heavy atom. The smallest absolute Gasteiger partial charge is 0.306 e. The molecule has 1 atom stereocenters. The molecule has 0 radical (unpaired) electrons. The third-order valence-corrected chi connectivity index (χ3v) is 14.4. The lowest BCUT2D eigenvalue weighted by molar-refractivity contribution is -0.167. The first-order chi connectivity index (χ1) is 40.0. The van der Waals surface area contributed by atoms with Crippen LogP contribution in [-0.2, 0) is 28.6 Å². The summed E-state index contributed by atoms with van der Waals surface area (Å²) >= 11 is 0. The minimum atomic E-state index is -0.794. The van der Waals surface area contributed by atoms with Gasteiger partial charge in [-0.15, -0.1) is 0 Å². The summed E-state index contributed by atoms with van der Waals surface area (Å²) in [4.78, 5) is 38.4. The zero-order valence-corrected chi connectivity index (χ0v) is 53.0. The lowest BCUT2D eigenvalue weighted by atomic mass is 10.0. The van der Waals surface area contributed by atoms with E-state index in [-0.39, 0.29) is 31.1 Å². The molecule has 6 nitrogen and oxygen atoms in total. The van der Waals surface area contributed by atoms with Crippen LogP contribution >= 0.6 is 0 Å². The van der Waals surface area contributed by atoms with Crippen LogP contribution in [0.1, 0.15) is 316 Å². The number of unbranched alkanes of at least 4 members (excludes halogenated alkanes) is 30. The van der Waals surface area contributed by atoms with Crippen LogP contribution in [0, 0.1) is 0 Å². The van der Waals surface area contributed by atoms with Crippen LogP contribution in [0.3, 0.4) is 0 Å². The summed E-state index contributed by atoms with van der Waals surface area (Å²) in [6.07, 6.45) is 95.0. The fourth-order valence-corrected chi connectivity index (χ4v) is 9.34. The maximum absolute atomic E-state index is 12.9. The molecule has 0 aliphatic heterocycles. The van der Waals surface area contributed by atoms with Gasteiger partial charge in [0.25, 0.3) is 0 Å². The second kappa shape index (κ2) is 68.3. The van der Waals surface area contributed by atoms with Crippen LogP contribution in [0.2, 0.25) is 0 Å². The molecule has 81 heavy (non-hydrogen) atoms. The minimum absolute atomic E-state index is 0.0885. The molecule has 0 aromatic carbocycles. The number of carbonyl (C=O) groups excluding carboxylic acids is 3. The van der Waals surface area contributed by atoms with Crippen molar-refractivity contribution in [2.24, 2.45) is 0 Å². The second-order valence-corrected chi connectivity index (χ2v) is 22.3. The molecule has 0 N–H and O–H groups in total. The van der Waals surface area contributed by atoms with Crippen LogP contribution in [0.4, 0.5) is 0 Å². The highest BCUT2D eigenvalue weighted by Crippen LogP contribution is 2.16. The number of ether oxygens (including phenoxy) is 3. The average molecular weight is 1120 g/mol. The van der Waals surface area contributed by atoms with Gasteiger partial charge in [0.1, 0.15) is 13.2 Å². The van der Waals surface area contributed by atoms with Gasteiger partial charge in [0.15, 0.2) is 6.10 Å². The van der Waals surface area contributed by atoms with Crippen LogP contribution in [-0.4, -0.2) is 37.2 Å². The third kappa shape index (κ3) is 66.5. The molecule has 0 saturated carbocycles. The monoisotopic (exact) mass is 1120 g/mol. The number of esters is 3. The van der Waals surface area contributed by atoms with Gasteiger partial charge in [-0.2, -0.15) is 0 Å². The quantitative estimate of drug-likeness (QED) is 0.0261. The van der Waals surface area contributed by atoms with Gasteiger partial charge in [-0.05, 0) is 128 Å². The summed E-state index contributed by atoms with van der Waals surface area (Å²) in [6, 6.07) is 0. The Kier molecular flexibility index (Phi) is 64.8. The van der Waals surface area contributed by atoms with E-state index in [9.17, 15) is 14.4 Å². The van der Waals surface area contributed by atoms with Crippen molar-refractivity contribution < 1.29 is 28.6 Å². The van der Waals surface area contributed by atoms with E-state index in [4.69, 9.17) is 14.2 Å². The van der Waals surface area contributed by atoms with Gasteiger partial charge in [-0.25, -0.2) is 0 Å².